The molecule has 5 rings (SSSR count). The Balaban J connectivity index is 1.74. The number of methoxy groups -OCH3 is 1. The minimum absolute atomic E-state index is 0.143. The summed E-state index contributed by atoms with van der Waals surface area (Å²) in [6, 6.07) is 22.3. The average molecular weight is 495 g/mol. The highest BCUT2D eigenvalue weighted by atomic mass is 16.6. The number of non-ortho nitro benzene ring substituents is 1. The number of nitriles is 1. The van der Waals surface area contributed by atoms with Crippen molar-refractivity contribution < 1.29 is 19.2 Å². The first-order valence-electron chi connectivity index (χ1n) is 11.6. The molecule has 9 nitrogen and oxygen atoms in total. The van der Waals surface area contributed by atoms with Crippen LogP contribution in [-0.2, 0) is 14.3 Å². The van der Waals surface area contributed by atoms with E-state index in [-0.39, 0.29) is 5.69 Å². The van der Waals surface area contributed by atoms with Crippen LogP contribution in [0.5, 0.6) is 0 Å². The number of benzene rings is 3. The zero-order valence-electron chi connectivity index (χ0n) is 19.8. The lowest BCUT2D eigenvalue weighted by molar-refractivity contribution is -0.384. The van der Waals surface area contributed by atoms with Gasteiger partial charge in [0.05, 0.1) is 24.1 Å². The molecule has 2 aliphatic heterocycles. The van der Waals surface area contributed by atoms with Crippen LogP contribution < -0.4 is 10.2 Å². The molecule has 1 unspecified atom stereocenters. The number of hydrogen-bond acceptors (Lipinski definition) is 7. The molecule has 0 radical (unpaired) electrons. The summed E-state index contributed by atoms with van der Waals surface area (Å²) in [5, 5.41) is 24.8. The number of carbonyl (C=O) groups is 2. The molecule has 1 amide bonds. The number of rotatable bonds is 5. The van der Waals surface area contributed by atoms with Crippen LogP contribution in [0.15, 0.2) is 84.9 Å². The summed E-state index contributed by atoms with van der Waals surface area (Å²) in [6.07, 6.45) is 3.58. The highest BCUT2D eigenvalue weighted by molar-refractivity contribution is 6.02. The fourth-order valence-electron chi connectivity index (χ4n) is 5.45. The summed E-state index contributed by atoms with van der Waals surface area (Å²) >= 11 is 0. The Kier molecular flexibility index (Phi) is 5.93. The quantitative estimate of drug-likeness (QED) is 0.319. The van der Waals surface area contributed by atoms with Gasteiger partial charge in [-0.15, -0.1) is 0 Å². The fraction of sp³-hybridized carbons (Fsp3) is 0.179. The minimum Gasteiger partial charge on any atom is -0.468 e. The molecule has 1 saturated heterocycles. The molecule has 1 N–H and O–H groups in total. The molecule has 4 atom stereocenters. The SMILES string of the molecule is COC(=O)[C@]1(C#N)C2C=Cc3ccccc3N2[C@@H](C(=O)Nc2ccccc2)[C@@H]1c1ccc([N+](=O)[O-])cc1. The van der Waals surface area contributed by atoms with Crippen molar-refractivity contribution in [2.45, 2.75) is 18.0 Å². The van der Waals surface area contributed by atoms with Crippen molar-refractivity contribution in [3.8, 4) is 6.07 Å². The van der Waals surface area contributed by atoms with Crippen molar-refractivity contribution in [3.63, 3.8) is 0 Å². The number of ether oxygens (including phenoxy) is 1. The molecule has 0 bridgehead atoms. The zero-order chi connectivity index (χ0) is 26.2. The van der Waals surface area contributed by atoms with E-state index in [1.54, 1.807) is 35.2 Å². The first kappa shape index (κ1) is 23.8. The van der Waals surface area contributed by atoms with Crippen LogP contribution in [0.25, 0.3) is 6.08 Å². The van der Waals surface area contributed by atoms with Gasteiger partial charge >= 0.3 is 5.97 Å². The second-order valence-corrected chi connectivity index (χ2v) is 8.87. The van der Waals surface area contributed by atoms with E-state index in [4.69, 9.17) is 4.74 Å². The standard InChI is InChI=1S/C28H22N4O5/c1-37-27(34)28(17-29)23-16-13-18-7-5-6-10-22(18)31(23)25(26(33)30-20-8-3-2-4-9-20)24(28)19-11-14-21(15-12-19)32(35)36/h2-16,23-25H,1H3,(H,30,33)/t23?,24-,25+,28+/m0/s1. The van der Waals surface area contributed by atoms with Gasteiger partial charge in [-0.2, -0.15) is 5.26 Å². The third-order valence-electron chi connectivity index (χ3n) is 7.03. The third-order valence-corrected chi connectivity index (χ3v) is 7.03. The molecule has 37 heavy (non-hydrogen) atoms. The number of nitro benzene ring substituents is 1. The molecule has 3 aromatic carbocycles. The van der Waals surface area contributed by atoms with E-state index in [1.807, 2.05) is 36.4 Å². The van der Waals surface area contributed by atoms with Crippen LogP contribution in [0, 0.1) is 26.9 Å². The van der Waals surface area contributed by atoms with E-state index in [0.29, 0.717) is 16.9 Å². The number of carbonyl (C=O) groups excluding carboxylic acids is 2. The van der Waals surface area contributed by atoms with Crippen molar-refractivity contribution in [2.75, 3.05) is 17.3 Å². The van der Waals surface area contributed by atoms with Gasteiger partial charge in [-0.1, -0.05) is 60.7 Å². The highest BCUT2D eigenvalue weighted by Crippen LogP contribution is 2.56. The van der Waals surface area contributed by atoms with E-state index in [1.165, 1.54) is 31.4 Å². The maximum atomic E-state index is 14.0. The number of fused-ring (bicyclic) bond motifs is 3. The number of nitrogens with zero attached hydrogens (tertiary/aromatic N) is 3. The second kappa shape index (κ2) is 9.24. The van der Waals surface area contributed by atoms with Crippen molar-refractivity contribution >= 4 is 35.0 Å². The predicted octanol–water partition coefficient (Wildman–Crippen LogP) is 4.28. The molecule has 0 aromatic heterocycles. The smallest absolute Gasteiger partial charge is 0.329 e. The number of nitrogens with one attached hydrogen (secondary N) is 1. The summed E-state index contributed by atoms with van der Waals surface area (Å²) in [5.41, 5.74) is 0.558. The molecule has 2 aliphatic rings. The van der Waals surface area contributed by atoms with E-state index in [2.05, 4.69) is 11.4 Å². The predicted molar refractivity (Wildman–Crippen MR) is 137 cm³/mol. The summed E-state index contributed by atoms with van der Waals surface area (Å²) in [5.74, 6) is -2.21. The zero-order valence-corrected chi connectivity index (χ0v) is 19.8. The number of nitro groups is 1. The summed E-state index contributed by atoms with van der Waals surface area (Å²) in [4.78, 5) is 40.0. The lowest BCUT2D eigenvalue weighted by Crippen LogP contribution is -2.47. The Morgan fingerprint density at radius 1 is 1.05 bits per heavy atom. The van der Waals surface area contributed by atoms with Gasteiger partial charge in [0.25, 0.3) is 5.69 Å². The van der Waals surface area contributed by atoms with Gasteiger partial charge < -0.3 is 15.0 Å². The normalized spacial score (nSPS) is 23.4. The van der Waals surface area contributed by atoms with Gasteiger partial charge in [0.15, 0.2) is 5.41 Å². The Hall–Kier alpha value is -4.97. The maximum absolute atomic E-state index is 14.0. The van der Waals surface area contributed by atoms with Crippen LogP contribution in [-0.4, -0.2) is 36.0 Å². The van der Waals surface area contributed by atoms with E-state index in [9.17, 15) is 25.0 Å². The molecule has 0 saturated carbocycles. The van der Waals surface area contributed by atoms with E-state index >= 15 is 0 Å². The van der Waals surface area contributed by atoms with Crippen molar-refractivity contribution in [1.82, 2.24) is 0 Å². The average Bonchev–Trinajstić information content (AvgIpc) is 3.25. The molecule has 3 aromatic rings. The van der Waals surface area contributed by atoms with Crippen molar-refractivity contribution in [1.29, 1.82) is 5.26 Å². The lowest BCUT2D eigenvalue weighted by atomic mass is 9.68. The number of amides is 1. The monoisotopic (exact) mass is 494 g/mol. The summed E-state index contributed by atoms with van der Waals surface area (Å²) in [7, 11) is 1.20. The number of esters is 1. The molecular weight excluding hydrogens is 472 g/mol. The Morgan fingerprint density at radius 3 is 2.38 bits per heavy atom. The second-order valence-electron chi connectivity index (χ2n) is 8.87. The fourth-order valence-corrected chi connectivity index (χ4v) is 5.45. The summed E-state index contributed by atoms with van der Waals surface area (Å²) in [6.45, 7) is 0. The molecule has 2 heterocycles. The Morgan fingerprint density at radius 2 is 1.73 bits per heavy atom. The van der Waals surface area contributed by atoms with Crippen molar-refractivity contribution in [2.24, 2.45) is 5.41 Å². The van der Waals surface area contributed by atoms with Crippen LogP contribution >= 0.6 is 0 Å². The number of para-hydroxylation sites is 2. The molecule has 1 fully saturated rings. The summed E-state index contributed by atoms with van der Waals surface area (Å²) < 4.78 is 5.16. The van der Waals surface area contributed by atoms with Gasteiger partial charge in [-0.3, -0.25) is 19.7 Å². The van der Waals surface area contributed by atoms with E-state index in [0.717, 1.165) is 5.56 Å². The molecule has 9 heteroatoms. The van der Waals surface area contributed by atoms with Crippen LogP contribution in [0.1, 0.15) is 17.0 Å². The van der Waals surface area contributed by atoms with Crippen LogP contribution in [0.4, 0.5) is 17.1 Å². The van der Waals surface area contributed by atoms with Gasteiger partial charge in [0.1, 0.15) is 6.04 Å². The first-order chi connectivity index (χ1) is 17.9. The molecule has 184 valence electrons. The topological polar surface area (TPSA) is 126 Å². The molecule has 0 spiro atoms. The number of hydrogen-bond donors (Lipinski definition) is 1. The Bertz CT molecular complexity index is 1450. The van der Waals surface area contributed by atoms with Gasteiger partial charge in [-0.05, 0) is 29.3 Å². The molecular formula is C28H22N4O5. The van der Waals surface area contributed by atoms with Crippen LogP contribution in [0.2, 0.25) is 0 Å². The number of anilines is 2. The lowest BCUT2D eigenvalue weighted by Gasteiger charge is -2.36. The van der Waals surface area contributed by atoms with Crippen molar-refractivity contribution in [3.05, 3.63) is 106 Å². The van der Waals surface area contributed by atoms with E-state index < -0.39 is 40.2 Å². The highest BCUT2D eigenvalue weighted by Gasteiger charge is 2.67. The first-order valence-corrected chi connectivity index (χ1v) is 11.6. The maximum Gasteiger partial charge on any atom is 0.329 e. The van der Waals surface area contributed by atoms with Gasteiger partial charge in [0.2, 0.25) is 5.91 Å². The minimum atomic E-state index is -1.81. The van der Waals surface area contributed by atoms with Crippen LogP contribution in [0.3, 0.4) is 0 Å². The van der Waals surface area contributed by atoms with Gasteiger partial charge in [0, 0.05) is 29.4 Å². The largest absolute Gasteiger partial charge is 0.468 e. The Labute approximate surface area is 212 Å². The third kappa shape index (κ3) is 3.70. The van der Waals surface area contributed by atoms with Gasteiger partial charge in [-0.25, -0.2) is 0 Å². The molecule has 0 aliphatic carbocycles.